The summed E-state index contributed by atoms with van der Waals surface area (Å²) in [6, 6.07) is 3.69. The predicted octanol–water partition coefficient (Wildman–Crippen LogP) is 1.39. The second-order valence-corrected chi connectivity index (χ2v) is 5.48. The third-order valence-electron chi connectivity index (χ3n) is 3.01. The first-order valence-corrected chi connectivity index (χ1v) is 7.18. The zero-order chi connectivity index (χ0) is 15.7. The Morgan fingerprint density at radius 2 is 1.95 bits per heavy atom. The van der Waals surface area contributed by atoms with Crippen molar-refractivity contribution < 1.29 is 14.6 Å². The molecule has 0 amide bonds. The van der Waals surface area contributed by atoms with Crippen LogP contribution in [0.1, 0.15) is 17.4 Å². The molecule has 0 saturated carbocycles. The van der Waals surface area contributed by atoms with Gasteiger partial charge in [0.2, 0.25) is 5.43 Å². The Hall–Kier alpha value is -1.90. The number of esters is 1. The highest BCUT2D eigenvalue weighted by Crippen LogP contribution is 2.19. The van der Waals surface area contributed by atoms with Crippen molar-refractivity contribution in [3.8, 4) is 5.75 Å². The summed E-state index contributed by atoms with van der Waals surface area (Å²) in [4.78, 5) is 35.7. The van der Waals surface area contributed by atoms with Gasteiger partial charge in [-0.25, -0.2) is 4.79 Å². The van der Waals surface area contributed by atoms with E-state index in [2.05, 4.69) is 0 Å². The van der Waals surface area contributed by atoms with Crippen molar-refractivity contribution in [1.82, 2.24) is 4.57 Å². The molecule has 0 saturated heterocycles. The molecule has 0 bridgehead atoms. The minimum absolute atomic E-state index is 0.0864. The van der Waals surface area contributed by atoms with Crippen LogP contribution in [0, 0.1) is 3.57 Å². The van der Waals surface area contributed by atoms with E-state index < -0.39 is 22.6 Å². The Balaban J connectivity index is 2.95. The van der Waals surface area contributed by atoms with Crippen molar-refractivity contribution >= 4 is 39.5 Å². The molecule has 110 valence electrons. The summed E-state index contributed by atoms with van der Waals surface area (Å²) in [5.74, 6) is -1.05. The van der Waals surface area contributed by atoms with Crippen LogP contribution in [-0.4, -0.2) is 22.2 Å². The van der Waals surface area contributed by atoms with Crippen molar-refractivity contribution in [3.63, 3.8) is 0 Å². The average molecular weight is 401 g/mol. The van der Waals surface area contributed by atoms with E-state index in [9.17, 15) is 19.5 Å². The molecule has 0 unspecified atom stereocenters. The van der Waals surface area contributed by atoms with Crippen molar-refractivity contribution in [3.05, 3.63) is 47.9 Å². The number of ether oxygens (including phenoxy) is 1. The van der Waals surface area contributed by atoms with Gasteiger partial charge in [-0.05, 0) is 35.6 Å². The van der Waals surface area contributed by atoms with Gasteiger partial charge in [-0.3, -0.25) is 9.59 Å². The molecule has 0 aliphatic heterocycles. The molecule has 0 aliphatic carbocycles. The second kappa shape index (κ2) is 5.84. The van der Waals surface area contributed by atoms with Crippen LogP contribution in [0.5, 0.6) is 5.75 Å². The van der Waals surface area contributed by atoms with Gasteiger partial charge in [0.05, 0.1) is 15.7 Å². The van der Waals surface area contributed by atoms with Gasteiger partial charge in [-0.2, -0.15) is 0 Å². The number of aromatic hydroxyl groups is 1. The first-order chi connectivity index (χ1) is 9.86. The predicted molar refractivity (Wildman–Crippen MR) is 85.8 cm³/mol. The van der Waals surface area contributed by atoms with Crippen LogP contribution in [0.25, 0.3) is 10.9 Å². The van der Waals surface area contributed by atoms with Crippen molar-refractivity contribution in [2.75, 3.05) is 6.61 Å². The maximum absolute atomic E-state index is 12.1. The summed E-state index contributed by atoms with van der Waals surface area (Å²) < 4.78 is 6.67. The summed E-state index contributed by atoms with van der Waals surface area (Å²) in [5, 5.41) is 9.83. The number of halogens is 1. The lowest BCUT2D eigenvalue weighted by atomic mass is 10.2. The third-order valence-corrected chi connectivity index (χ3v) is 3.84. The molecule has 0 aliphatic rings. The maximum Gasteiger partial charge on any atom is 0.355 e. The van der Waals surface area contributed by atoms with Crippen LogP contribution < -0.4 is 10.9 Å². The van der Waals surface area contributed by atoms with E-state index in [1.54, 1.807) is 36.6 Å². The average Bonchev–Trinajstić information content (AvgIpc) is 2.55. The Bertz CT molecular complexity index is 856. The number of aryl methyl sites for hydroxylation is 1. The molecule has 1 N–H and O–H groups in total. The molecule has 0 spiro atoms. The van der Waals surface area contributed by atoms with Gasteiger partial charge in [0, 0.05) is 24.6 Å². The highest BCUT2D eigenvalue weighted by molar-refractivity contribution is 14.1. The summed E-state index contributed by atoms with van der Waals surface area (Å²) in [6.45, 7) is 1.86. The monoisotopic (exact) mass is 401 g/mol. The Morgan fingerprint density at radius 1 is 1.29 bits per heavy atom. The lowest BCUT2D eigenvalue weighted by Gasteiger charge is -2.10. The third kappa shape index (κ3) is 2.78. The molecular weight excluding hydrogens is 389 g/mol. The fourth-order valence-corrected chi connectivity index (χ4v) is 2.52. The molecule has 0 fully saturated rings. The molecule has 2 rings (SSSR count). The Labute approximate surface area is 133 Å². The van der Waals surface area contributed by atoms with Gasteiger partial charge in [0.15, 0.2) is 11.2 Å². The summed E-state index contributed by atoms with van der Waals surface area (Å²) in [5.41, 5.74) is -0.666. The largest absolute Gasteiger partial charge is 0.503 e. The number of carbonyl (C=O) groups is 1. The van der Waals surface area contributed by atoms with Gasteiger partial charge < -0.3 is 14.4 Å². The number of rotatable bonds is 2. The van der Waals surface area contributed by atoms with E-state index in [4.69, 9.17) is 4.74 Å². The van der Waals surface area contributed by atoms with Crippen LogP contribution in [0.15, 0.2) is 27.8 Å². The molecule has 6 nitrogen and oxygen atoms in total. The van der Waals surface area contributed by atoms with Crippen LogP contribution in [0.3, 0.4) is 0 Å². The number of nitrogens with zero attached hydrogens (tertiary/aromatic N) is 1. The van der Waals surface area contributed by atoms with Gasteiger partial charge >= 0.3 is 5.97 Å². The molecule has 0 radical (unpaired) electrons. The summed E-state index contributed by atoms with van der Waals surface area (Å²) in [7, 11) is 1.59. The molecule has 21 heavy (non-hydrogen) atoms. The number of aromatic nitrogens is 1. The van der Waals surface area contributed by atoms with Crippen LogP contribution in [0.2, 0.25) is 0 Å². The lowest BCUT2D eigenvalue weighted by Crippen LogP contribution is -2.18. The Morgan fingerprint density at radius 3 is 2.57 bits per heavy atom. The molecule has 0 atom stereocenters. The fourth-order valence-electron chi connectivity index (χ4n) is 1.96. The van der Waals surface area contributed by atoms with E-state index in [-0.39, 0.29) is 17.7 Å². The number of carbonyl (C=O) groups excluding carboxylic acids is 1. The smallest absolute Gasteiger partial charge is 0.355 e. The standard InChI is InChI=1S/C14H12INO5/c1-3-21-14(20)10-6-11(17)7-4-12(18)13(19)8(15)5-9(7)16(10)2/h4-6H,3H2,1-2H3,(H,18,19). The van der Waals surface area contributed by atoms with Gasteiger partial charge in [0.1, 0.15) is 5.69 Å². The molecular formula is C14H12INO5. The first kappa shape index (κ1) is 15.5. The van der Waals surface area contributed by atoms with Gasteiger partial charge in [-0.1, -0.05) is 0 Å². The van der Waals surface area contributed by atoms with Crippen molar-refractivity contribution in [1.29, 1.82) is 0 Å². The van der Waals surface area contributed by atoms with Gasteiger partial charge in [-0.15, -0.1) is 0 Å². The summed E-state index contributed by atoms with van der Waals surface area (Å²) in [6.07, 6.45) is 0. The second-order valence-electron chi connectivity index (χ2n) is 4.32. The number of hydrogen-bond acceptors (Lipinski definition) is 5. The van der Waals surface area contributed by atoms with E-state index in [0.29, 0.717) is 9.09 Å². The first-order valence-electron chi connectivity index (χ1n) is 6.10. The van der Waals surface area contributed by atoms with Crippen LogP contribution in [0.4, 0.5) is 0 Å². The molecule has 2 aromatic rings. The molecule has 1 aromatic heterocycles. The van der Waals surface area contributed by atoms with E-state index >= 15 is 0 Å². The fraction of sp³-hybridized carbons (Fsp3) is 0.214. The van der Waals surface area contributed by atoms with E-state index in [0.717, 1.165) is 12.1 Å². The number of pyridine rings is 1. The SMILES string of the molecule is CCOC(=O)c1cc(=O)c2cc(=O)c(O)c(I)cc2n1C. The topological polar surface area (TPSA) is 85.6 Å². The van der Waals surface area contributed by atoms with Crippen molar-refractivity contribution in [2.45, 2.75) is 6.92 Å². The van der Waals surface area contributed by atoms with Gasteiger partial charge in [0.25, 0.3) is 0 Å². The Kier molecular flexibility index (Phi) is 4.31. The highest BCUT2D eigenvalue weighted by Gasteiger charge is 2.15. The van der Waals surface area contributed by atoms with Crippen molar-refractivity contribution in [2.24, 2.45) is 7.05 Å². The normalized spacial score (nSPS) is 10.6. The van der Waals surface area contributed by atoms with Crippen LogP contribution in [-0.2, 0) is 11.8 Å². The minimum Gasteiger partial charge on any atom is -0.503 e. The van der Waals surface area contributed by atoms with Crippen LogP contribution >= 0.6 is 22.6 Å². The minimum atomic E-state index is -0.643. The molecule has 1 aromatic carbocycles. The highest BCUT2D eigenvalue weighted by atomic mass is 127. The number of hydrogen-bond donors (Lipinski definition) is 1. The zero-order valence-electron chi connectivity index (χ0n) is 11.3. The molecule has 1 heterocycles. The molecule has 7 heteroatoms. The quantitative estimate of drug-likeness (QED) is 0.607. The number of fused-ring (bicyclic) bond motifs is 1. The zero-order valence-corrected chi connectivity index (χ0v) is 13.5. The maximum atomic E-state index is 12.1. The van der Waals surface area contributed by atoms with E-state index in [1.807, 2.05) is 0 Å². The van der Waals surface area contributed by atoms with E-state index in [1.165, 1.54) is 10.6 Å². The lowest BCUT2D eigenvalue weighted by molar-refractivity contribution is 0.0515. The summed E-state index contributed by atoms with van der Waals surface area (Å²) >= 11 is 1.80.